The van der Waals surface area contributed by atoms with E-state index in [1.165, 1.54) is 6.07 Å². The fourth-order valence-electron chi connectivity index (χ4n) is 2.90. The maximum atomic E-state index is 13.4. The third kappa shape index (κ3) is 1.94. The Morgan fingerprint density at radius 3 is 2.77 bits per heavy atom. The Morgan fingerprint density at radius 2 is 1.95 bits per heavy atom. The van der Waals surface area contributed by atoms with Crippen molar-refractivity contribution < 1.29 is 4.39 Å². The Hall–Kier alpha value is -2.82. The molecule has 0 spiro atoms. The summed E-state index contributed by atoms with van der Waals surface area (Å²) in [4.78, 5) is 0. The Morgan fingerprint density at radius 1 is 1.09 bits per heavy atom. The summed E-state index contributed by atoms with van der Waals surface area (Å²) in [5.74, 6) is -0.228. The second-order valence-electron chi connectivity index (χ2n) is 5.52. The first kappa shape index (κ1) is 12.9. The van der Waals surface area contributed by atoms with Crippen molar-refractivity contribution in [3.05, 3.63) is 65.6 Å². The largest absolute Gasteiger partial charge is 0.399 e. The fourth-order valence-corrected chi connectivity index (χ4v) is 2.90. The molecule has 22 heavy (non-hydrogen) atoms. The van der Waals surface area contributed by atoms with Gasteiger partial charge in [0.25, 0.3) is 0 Å². The van der Waals surface area contributed by atoms with Crippen molar-refractivity contribution >= 4 is 22.4 Å². The lowest BCUT2D eigenvalue weighted by molar-refractivity contribution is 0.624. The highest BCUT2D eigenvalue weighted by atomic mass is 19.1. The lowest BCUT2D eigenvalue weighted by Crippen LogP contribution is -2.00. The molecule has 2 aromatic carbocycles. The predicted molar refractivity (Wildman–Crippen MR) is 85.3 cm³/mol. The van der Waals surface area contributed by atoms with Gasteiger partial charge in [0.15, 0.2) is 0 Å². The van der Waals surface area contributed by atoms with Crippen molar-refractivity contribution in [2.24, 2.45) is 0 Å². The molecule has 2 heterocycles. The fraction of sp³-hybridized carbons (Fsp3) is 0.118. The number of aromatic nitrogens is 3. The lowest BCUT2D eigenvalue weighted by Gasteiger charge is -2.06. The van der Waals surface area contributed by atoms with Crippen LogP contribution in [-0.2, 0) is 6.54 Å². The average Bonchev–Trinajstić information content (AvgIpc) is 2.96. The monoisotopic (exact) mass is 294 g/mol. The van der Waals surface area contributed by atoms with E-state index < -0.39 is 0 Å². The number of nitrogen functional groups attached to an aromatic ring is 1. The van der Waals surface area contributed by atoms with E-state index in [0.717, 1.165) is 27.9 Å². The molecule has 2 N–H and O–H groups in total. The maximum Gasteiger partial charge on any atom is 0.137 e. The Bertz CT molecular complexity index is 997. The first-order chi connectivity index (χ1) is 10.6. The summed E-state index contributed by atoms with van der Waals surface area (Å²) in [6, 6.07) is 14.4. The molecule has 0 radical (unpaired) electrons. The van der Waals surface area contributed by atoms with Crippen LogP contribution in [0.5, 0.6) is 0 Å². The summed E-state index contributed by atoms with van der Waals surface area (Å²) >= 11 is 0. The Kier molecular flexibility index (Phi) is 2.69. The zero-order valence-electron chi connectivity index (χ0n) is 12.1. The van der Waals surface area contributed by atoms with Gasteiger partial charge >= 0.3 is 0 Å². The molecule has 4 nitrogen and oxygen atoms in total. The number of hydrogen-bond donors (Lipinski definition) is 1. The van der Waals surface area contributed by atoms with E-state index in [4.69, 9.17) is 5.73 Å². The van der Waals surface area contributed by atoms with Gasteiger partial charge in [-0.1, -0.05) is 12.1 Å². The van der Waals surface area contributed by atoms with E-state index in [1.807, 2.05) is 41.8 Å². The number of aryl methyl sites for hydroxylation is 1. The summed E-state index contributed by atoms with van der Waals surface area (Å²) in [5.41, 5.74) is 11.4. The van der Waals surface area contributed by atoms with E-state index in [1.54, 1.807) is 12.1 Å². The third-order valence-corrected chi connectivity index (χ3v) is 3.84. The van der Waals surface area contributed by atoms with E-state index in [2.05, 4.69) is 9.67 Å². The second kappa shape index (κ2) is 4.59. The van der Waals surface area contributed by atoms with Crippen molar-refractivity contribution in [3.8, 4) is 0 Å². The van der Waals surface area contributed by atoms with Gasteiger partial charge in [0.2, 0.25) is 0 Å². The number of nitrogens with two attached hydrogens (primary N) is 1. The second-order valence-corrected chi connectivity index (χ2v) is 5.52. The Labute approximate surface area is 126 Å². The molecule has 0 aliphatic rings. The first-order valence-electron chi connectivity index (χ1n) is 7.10. The number of anilines is 1. The van der Waals surface area contributed by atoms with Crippen LogP contribution in [0.2, 0.25) is 0 Å². The lowest BCUT2D eigenvalue weighted by atomic mass is 10.2. The van der Waals surface area contributed by atoms with E-state index in [0.29, 0.717) is 12.2 Å². The van der Waals surface area contributed by atoms with E-state index in [-0.39, 0.29) is 5.82 Å². The van der Waals surface area contributed by atoms with Crippen LogP contribution >= 0.6 is 0 Å². The first-order valence-corrected chi connectivity index (χ1v) is 7.10. The van der Waals surface area contributed by atoms with Gasteiger partial charge in [0, 0.05) is 18.3 Å². The number of halogens is 1. The zero-order chi connectivity index (χ0) is 15.3. The van der Waals surface area contributed by atoms with Crippen LogP contribution in [0.15, 0.2) is 48.5 Å². The van der Waals surface area contributed by atoms with Gasteiger partial charge in [-0.3, -0.25) is 0 Å². The smallest absolute Gasteiger partial charge is 0.137 e. The minimum atomic E-state index is -0.228. The van der Waals surface area contributed by atoms with E-state index >= 15 is 0 Å². The molecule has 110 valence electrons. The van der Waals surface area contributed by atoms with Gasteiger partial charge in [-0.15, -0.1) is 0 Å². The van der Waals surface area contributed by atoms with Gasteiger partial charge in [-0.25, -0.2) is 8.91 Å². The molecule has 0 bridgehead atoms. The molecular weight excluding hydrogens is 279 g/mol. The van der Waals surface area contributed by atoms with Crippen LogP contribution < -0.4 is 5.73 Å². The van der Waals surface area contributed by atoms with Crippen molar-refractivity contribution in [3.63, 3.8) is 0 Å². The van der Waals surface area contributed by atoms with Crippen LogP contribution in [-0.4, -0.2) is 14.2 Å². The zero-order valence-corrected chi connectivity index (χ0v) is 12.1. The van der Waals surface area contributed by atoms with Crippen LogP contribution in [0.1, 0.15) is 11.3 Å². The van der Waals surface area contributed by atoms with Gasteiger partial charge in [0.1, 0.15) is 11.5 Å². The molecule has 0 saturated heterocycles. The van der Waals surface area contributed by atoms with Gasteiger partial charge < -0.3 is 10.3 Å². The molecule has 0 amide bonds. The standard InChI is InChI=1S/C17H15FN4/c1-11-7-17-21(10-12-3-2-4-13(18)8-12)16-9-14(19)5-6-15(16)22(17)20-11/h2-9H,10,19H2,1H3. The van der Waals surface area contributed by atoms with Crippen molar-refractivity contribution in [2.75, 3.05) is 5.73 Å². The number of benzene rings is 2. The number of fused-ring (bicyclic) bond motifs is 3. The molecule has 0 saturated carbocycles. The number of hydrogen-bond acceptors (Lipinski definition) is 2. The highest BCUT2D eigenvalue weighted by molar-refractivity contribution is 5.84. The third-order valence-electron chi connectivity index (χ3n) is 3.84. The molecule has 4 rings (SSSR count). The van der Waals surface area contributed by atoms with Crippen LogP contribution in [0, 0.1) is 12.7 Å². The molecule has 0 aliphatic heterocycles. The van der Waals surface area contributed by atoms with Crippen molar-refractivity contribution in [2.45, 2.75) is 13.5 Å². The quantitative estimate of drug-likeness (QED) is 0.576. The molecule has 0 unspecified atom stereocenters. The van der Waals surface area contributed by atoms with E-state index in [9.17, 15) is 4.39 Å². The summed E-state index contributed by atoms with van der Waals surface area (Å²) in [5, 5.41) is 4.53. The molecule has 0 atom stereocenters. The molecule has 5 heteroatoms. The van der Waals surface area contributed by atoms with Crippen LogP contribution in [0.25, 0.3) is 16.7 Å². The van der Waals surface area contributed by atoms with Gasteiger partial charge in [-0.05, 0) is 42.8 Å². The molecule has 2 aromatic heterocycles. The number of imidazole rings is 1. The molecular formula is C17H15FN4. The predicted octanol–water partition coefficient (Wildman–Crippen LogP) is 3.37. The highest BCUT2D eigenvalue weighted by Crippen LogP contribution is 2.24. The van der Waals surface area contributed by atoms with Crippen LogP contribution in [0.3, 0.4) is 0 Å². The summed E-state index contributed by atoms with van der Waals surface area (Å²) in [6.45, 7) is 2.53. The highest BCUT2D eigenvalue weighted by Gasteiger charge is 2.13. The maximum absolute atomic E-state index is 13.4. The SMILES string of the molecule is Cc1cc2n(Cc3cccc(F)c3)c3cc(N)ccc3n2n1. The normalized spacial score (nSPS) is 11.5. The minimum Gasteiger partial charge on any atom is -0.399 e. The summed E-state index contributed by atoms with van der Waals surface area (Å²) < 4.78 is 17.5. The minimum absolute atomic E-state index is 0.228. The van der Waals surface area contributed by atoms with Gasteiger partial charge in [-0.2, -0.15) is 5.10 Å². The summed E-state index contributed by atoms with van der Waals surface area (Å²) in [7, 11) is 0. The summed E-state index contributed by atoms with van der Waals surface area (Å²) in [6.07, 6.45) is 0. The van der Waals surface area contributed by atoms with Gasteiger partial charge in [0.05, 0.1) is 16.7 Å². The van der Waals surface area contributed by atoms with Crippen molar-refractivity contribution in [1.29, 1.82) is 0 Å². The molecule has 0 aliphatic carbocycles. The average molecular weight is 294 g/mol. The Balaban J connectivity index is 1.98. The topological polar surface area (TPSA) is 48.2 Å². The number of rotatable bonds is 2. The molecule has 4 aromatic rings. The van der Waals surface area contributed by atoms with Crippen LogP contribution in [0.4, 0.5) is 10.1 Å². The number of nitrogens with zero attached hydrogens (tertiary/aromatic N) is 3. The molecule has 0 fully saturated rings. The van der Waals surface area contributed by atoms with Crippen molar-refractivity contribution in [1.82, 2.24) is 14.2 Å².